The van der Waals surface area contributed by atoms with Gasteiger partial charge in [0.25, 0.3) is 15.7 Å². The quantitative estimate of drug-likeness (QED) is 0.341. The van der Waals surface area contributed by atoms with Crippen LogP contribution in [-0.2, 0) is 10.0 Å². The molecule has 1 aromatic heterocycles. The fraction of sp³-hybridized carbons (Fsp3) is 0.158. The zero-order valence-corrected chi connectivity index (χ0v) is 17.1. The number of para-hydroxylation sites is 1. The van der Waals surface area contributed by atoms with Crippen molar-refractivity contribution in [1.82, 2.24) is 9.97 Å². The average Bonchev–Trinajstić information content (AvgIpc) is 3.10. The third kappa shape index (κ3) is 3.27. The smallest absolute Gasteiger partial charge is 0.258 e. The summed E-state index contributed by atoms with van der Waals surface area (Å²) in [5.41, 5.74) is 0.498. The first-order valence-electron chi connectivity index (χ1n) is 8.75. The number of halogens is 2. The Balaban J connectivity index is 1.93. The van der Waals surface area contributed by atoms with Crippen LogP contribution in [0.2, 0.25) is 5.28 Å². The topological polar surface area (TPSA) is 106 Å². The third-order valence-corrected chi connectivity index (χ3v) is 6.86. The molecule has 1 aliphatic rings. The van der Waals surface area contributed by atoms with Crippen LogP contribution < -0.4 is 4.31 Å². The highest BCUT2D eigenvalue weighted by Crippen LogP contribution is 2.47. The van der Waals surface area contributed by atoms with E-state index in [4.69, 9.17) is 11.6 Å². The van der Waals surface area contributed by atoms with Crippen LogP contribution in [0.15, 0.2) is 53.6 Å². The molecule has 2 heterocycles. The summed E-state index contributed by atoms with van der Waals surface area (Å²) >= 11 is 5.81. The Bertz CT molecular complexity index is 1270. The number of hydrogen-bond acceptors (Lipinski definition) is 6. The summed E-state index contributed by atoms with van der Waals surface area (Å²) in [6.45, 7) is 1.55. The maximum absolute atomic E-state index is 14.5. The number of aromatic nitrogens is 2. The molecule has 2 aromatic carbocycles. The van der Waals surface area contributed by atoms with Gasteiger partial charge in [-0.25, -0.2) is 22.8 Å². The van der Waals surface area contributed by atoms with Crippen LogP contribution >= 0.6 is 11.6 Å². The number of hydrogen-bond donors (Lipinski definition) is 0. The molecule has 0 fully saturated rings. The molecule has 11 heteroatoms. The minimum Gasteiger partial charge on any atom is -0.258 e. The molecular weight excluding hydrogens is 435 g/mol. The van der Waals surface area contributed by atoms with Gasteiger partial charge in [0.15, 0.2) is 5.82 Å². The number of sulfonamides is 1. The van der Waals surface area contributed by atoms with Gasteiger partial charge in [0.2, 0.25) is 5.28 Å². The maximum Gasteiger partial charge on any atom is 0.293 e. The number of fused-ring (bicyclic) bond motifs is 1. The van der Waals surface area contributed by atoms with Crippen molar-refractivity contribution in [2.24, 2.45) is 0 Å². The molecule has 1 aliphatic heterocycles. The molecule has 8 nitrogen and oxygen atoms in total. The lowest BCUT2D eigenvalue weighted by atomic mass is 9.97. The van der Waals surface area contributed by atoms with Crippen LogP contribution in [0.25, 0.3) is 0 Å². The monoisotopic (exact) mass is 448 g/mol. The van der Waals surface area contributed by atoms with Crippen molar-refractivity contribution in [2.75, 3.05) is 10.8 Å². The zero-order valence-electron chi connectivity index (χ0n) is 15.5. The highest BCUT2D eigenvalue weighted by Gasteiger charge is 2.43. The summed E-state index contributed by atoms with van der Waals surface area (Å²) < 4.78 is 42.1. The van der Waals surface area contributed by atoms with Gasteiger partial charge in [-0.1, -0.05) is 29.8 Å². The second kappa shape index (κ2) is 7.29. The van der Waals surface area contributed by atoms with Gasteiger partial charge in [0, 0.05) is 12.6 Å². The van der Waals surface area contributed by atoms with Crippen LogP contribution in [0.3, 0.4) is 0 Å². The fourth-order valence-corrected chi connectivity index (χ4v) is 5.16. The van der Waals surface area contributed by atoms with Gasteiger partial charge in [0.1, 0.15) is 5.69 Å². The van der Waals surface area contributed by atoms with E-state index in [2.05, 4.69) is 9.97 Å². The predicted octanol–water partition coefficient (Wildman–Crippen LogP) is 3.83. The van der Waals surface area contributed by atoms with E-state index in [9.17, 15) is 22.9 Å². The number of anilines is 1. The summed E-state index contributed by atoms with van der Waals surface area (Å²) in [4.78, 5) is 18.4. The van der Waals surface area contributed by atoms with Gasteiger partial charge in [-0.15, -0.1) is 0 Å². The van der Waals surface area contributed by atoms with E-state index >= 15 is 0 Å². The third-order valence-electron chi connectivity index (χ3n) is 4.90. The Morgan fingerprint density at radius 1 is 1.23 bits per heavy atom. The van der Waals surface area contributed by atoms with Gasteiger partial charge in [-0.05, 0) is 36.2 Å². The van der Waals surface area contributed by atoms with E-state index in [1.807, 2.05) is 6.92 Å². The number of nitro benzene ring substituents is 1. The van der Waals surface area contributed by atoms with Crippen molar-refractivity contribution in [3.05, 3.63) is 86.7 Å². The molecule has 0 bridgehead atoms. The van der Waals surface area contributed by atoms with E-state index in [0.717, 1.165) is 16.1 Å². The Kier molecular flexibility index (Phi) is 4.91. The lowest BCUT2D eigenvalue weighted by molar-refractivity contribution is -0.384. The summed E-state index contributed by atoms with van der Waals surface area (Å²) in [5, 5.41) is 11.4. The normalized spacial score (nSPS) is 15.8. The first-order valence-corrected chi connectivity index (χ1v) is 10.6. The van der Waals surface area contributed by atoms with Gasteiger partial charge in [-0.3, -0.25) is 14.4 Å². The molecule has 0 saturated carbocycles. The molecule has 154 valence electrons. The highest BCUT2D eigenvalue weighted by atomic mass is 35.5. The Morgan fingerprint density at radius 2 is 1.93 bits per heavy atom. The molecule has 30 heavy (non-hydrogen) atoms. The van der Waals surface area contributed by atoms with Crippen molar-refractivity contribution in [1.29, 1.82) is 0 Å². The number of nitro groups is 1. The van der Waals surface area contributed by atoms with Crippen molar-refractivity contribution >= 4 is 33.0 Å². The minimum absolute atomic E-state index is 0.0287. The fourth-order valence-electron chi connectivity index (χ4n) is 3.50. The molecule has 0 N–H and O–H groups in total. The van der Waals surface area contributed by atoms with Crippen LogP contribution in [-0.4, -0.2) is 29.9 Å². The Hall–Kier alpha value is -3.11. The van der Waals surface area contributed by atoms with Gasteiger partial charge in [0.05, 0.1) is 27.6 Å². The van der Waals surface area contributed by atoms with E-state index in [-0.39, 0.29) is 33.7 Å². The molecule has 3 aromatic rings. The number of benzene rings is 2. The van der Waals surface area contributed by atoms with Crippen molar-refractivity contribution in [3.8, 4) is 0 Å². The molecule has 1 unspecified atom stereocenters. The minimum atomic E-state index is -4.16. The molecular formula is C19H14ClFN4O4S. The highest BCUT2D eigenvalue weighted by molar-refractivity contribution is 7.92. The van der Waals surface area contributed by atoms with Crippen LogP contribution in [0.5, 0.6) is 0 Å². The molecule has 1 atom stereocenters. The molecule has 0 spiro atoms. The molecule has 0 saturated heterocycles. The van der Waals surface area contributed by atoms with Gasteiger partial charge < -0.3 is 0 Å². The summed E-state index contributed by atoms with van der Waals surface area (Å²) in [5.74, 6) is -1.67. The Labute approximate surface area is 176 Å². The van der Waals surface area contributed by atoms with Crippen molar-refractivity contribution in [2.45, 2.75) is 17.7 Å². The second-order valence-electron chi connectivity index (χ2n) is 6.75. The zero-order chi connectivity index (χ0) is 21.6. The van der Waals surface area contributed by atoms with Crippen molar-refractivity contribution < 1.29 is 17.7 Å². The standard InChI is InChI=1S/C19H14ClFN4O4S/c1-11-5-7-12(8-6-11)30(28,29)24-10-14(17-15(21)9-22-19(20)23-17)13-3-2-4-16(18(13)24)25(26)27/h2-9,14H,10H2,1H3. The summed E-state index contributed by atoms with van der Waals surface area (Å²) in [6, 6.07) is 10.3. The largest absolute Gasteiger partial charge is 0.293 e. The maximum atomic E-state index is 14.5. The van der Waals surface area contributed by atoms with Crippen LogP contribution in [0, 0.1) is 22.9 Å². The summed E-state index contributed by atoms with van der Waals surface area (Å²) in [7, 11) is -4.16. The van der Waals surface area contributed by atoms with E-state index in [0.29, 0.717) is 0 Å². The lowest BCUT2D eigenvalue weighted by Crippen LogP contribution is -2.31. The van der Waals surface area contributed by atoms with Gasteiger partial charge in [-0.2, -0.15) is 0 Å². The van der Waals surface area contributed by atoms with Crippen LogP contribution in [0.4, 0.5) is 15.8 Å². The van der Waals surface area contributed by atoms with E-state index in [1.54, 1.807) is 12.1 Å². The number of aryl methyl sites for hydroxylation is 1. The molecule has 0 radical (unpaired) electrons. The lowest BCUT2D eigenvalue weighted by Gasteiger charge is -2.20. The molecule has 0 amide bonds. The van der Waals surface area contributed by atoms with E-state index in [1.165, 1.54) is 30.3 Å². The summed E-state index contributed by atoms with van der Waals surface area (Å²) in [6.07, 6.45) is 0.888. The van der Waals surface area contributed by atoms with Crippen molar-refractivity contribution in [3.63, 3.8) is 0 Å². The first kappa shape index (κ1) is 20.2. The van der Waals surface area contributed by atoms with Gasteiger partial charge >= 0.3 is 0 Å². The predicted molar refractivity (Wildman–Crippen MR) is 108 cm³/mol. The average molecular weight is 449 g/mol. The SMILES string of the molecule is Cc1ccc(S(=O)(=O)N2CC(c3nc(Cl)ncc3F)c3cccc([N+](=O)[O-])c32)cc1. The van der Waals surface area contributed by atoms with E-state index < -0.39 is 32.4 Å². The molecule has 0 aliphatic carbocycles. The van der Waals surface area contributed by atoms with Crippen LogP contribution in [0.1, 0.15) is 22.7 Å². The first-order chi connectivity index (χ1) is 14.2. The Morgan fingerprint density at radius 3 is 2.60 bits per heavy atom. The second-order valence-corrected chi connectivity index (χ2v) is 8.95. The number of nitrogens with zero attached hydrogens (tertiary/aromatic N) is 4. The number of rotatable bonds is 4. The molecule has 4 rings (SSSR count).